The van der Waals surface area contributed by atoms with Crippen LogP contribution in [0, 0.1) is 11.3 Å². The van der Waals surface area contributed by atoms with E-state index in [0.29, 0.717) is 10.4 Å². The molecule has 1 spiro atoms. The number of piperidine rings is 1. The van der Waals surface area contributed by atoms with Crippen LogP contribution in [0.15, 0.2) is 0 Å². The smallest absolute Gasteiger partial charge is 0.232 e. The number of thiocarbonyl (C=S) groups is 1. The number of nitrogens with zero attached hydrogens (tertiary/aromatic N) is 1. The van der Waals surface area contributed by atoms with Crippen LogP contribution in [0.2, 0.25) is 0 Å². The Kier molecular flexibility index (Phi) is 4.25. The lowest BCUT2D eigenvalue weighted by Crippen LogP contribution is -2.47. The second-order valence-corrected chi connectivity index (χ2v) is 6.37. The Morgan fingerprint density at radius 2 is 1.83 bits per heavy atom. The lowest BCUT2D eigenvalue weighted by Gasteiger charge is -2.40. The molecule has 0 bridgehead atoms. The highest BCUT2D eigenvalue weighted by Gasteiger charge is 2.39. The predicted molar refractivity (Wildman–Crippen MR) is 77.3 cm³/mol. The number of hydrogen-bond donors (Lipinski definition) is 1. The molecule has 3 nitrogen and oxygen atoms in total. The summed E-state index contributed by atoms with van der Waals surface area (Å²) < 4.78 is 0. The van der Waals surface area contributed by atoms with Crippen LogP contribution < -0.4 is 5.73 Å². The summed E-state index contributed by atoms with van der Waals surface area (Å²) in [5.41, 5.74) is 6.21. The molecule has 2 rings (SSSR count). The molecule has 2 fully saturated rings. The molecular weight excluding hydrogens is 244 g/mol. The highest BCUT2D eigenvalue weighted by Crippen LogP contribution is 2.46. The summed E-state index contributed by atoms with van der Waals surface area (Å²) in [5.74, 6) is -0.101. The summed E-state index contributed by atoms with van der Waals surface area (Å²) in [6.07, 6.45) is 8.54. The van der Waals surface area contributed by atoms with Gasteiger partial charge in [0.05, 0.1) is 10.9 Å². The summed E-state index contributed by atoms with van der Waals surface area (Å²) in [6.45, 7) is 3.78. The van der Waals surface area contributed by atoms with Crippen molar-refractivity contribution in [2.45, 2.75) is 51.9 Å². The monoisotopic (exact) mass is 268 g/mol. The lowest BCUT2D eigenvalue weighted by atomic mass is 9.77. The first kappa shape index (κ1) is 13.8. The van der Waals surface area contributed by atoms with E-state index in [1.807, 2.05) is 11.8 Å². The Labute approximate surface area is 115 Å². The molecule has 2 aliphatic rings. The fourth-order valence-corrected chi connectivity index (χ4v) is 3.81. The van der Waals surface area contributed by atoms with Gasteiger partial charge >= 0.3 is 0 Å². The number of hydrogen-bond acceptors (Lipinski definition) is 2. The minimum Gasteiger partial charge on any atom is -0.393 e. The van der Waals surface area contributed by atoms with Crippen molar-refractivity contribution >= 4 is 23.1 Å². The van der Waals surface area contributed by atoms with Gasteiger partial charge in [-0.25, -0.2) is 0 Å². The molecule has 1 amide bonds. The molecule has 1 aliphatic heterocycles. The van der Waals surface area contributed by atoms with Crippen LogP contribution in [0.3, 0.4) is 0 Å². The Morgan fingerprint density at radius 3 is 2.28 bits per heavy atom. The van der Waals surface area contributed by atoms with Gasteiger partial charge in [-0.3, -0.25) is 4.79 Å². The van der Waals surface area contributed by atoms with E-state index in [4.69, 9.17) is 18.0 Å². The predicted octanol–water partition coefficient (Wildman–Crippen LogP) is 2.48. The summed E-state index contributed by atoms with van der Waals surface area (Å²) in [4.78, 5) is 14.7. The molecule has 4 heteroatoms. The van der Waals surface area contributed by atoms with Crippen molar-refractivity contribution in [2.24, 2.45) is 17.1 Å². The third-order valence-electron chi connectivity index (χ3n) is 4.85. The second kappa shape index (κ2) is 5.55. The van der Waals surface area contributed by atoms with Gasteiger partial charge in [0, 0.05) is 13.1 Å². The topological polar surface area (TPSA) is 46.3 Å². The van der Waals surface area contributed by atoms with Crippen molar-refractivity contribution in [2.75, 3.05) is 13.1 Å². The lowest BCUT2D eigenvalue weighted by molar-refractivity contribution is -0.135. The number of carbonyl (C=O) groups excluding carboxylic acids is 1. The molecule has 1 heterocycles. The Hall–Kier alpha value is -0.640. The number of likely N-dealkylation sites (tertiary alicyclic amines) is 1. The van der Waals surface area contributed by atoms with Gasteiger partial charge in [-0.2, -0.15) is 0 Å². The summed E-state index contributed by atoms with van der Waals surface area (Å²) in [5, 5.41) is 0. The minimum atomic E-state index is -0.252. The average molecular weight is 268 g/mol. The summed E-state index contributed by atoms with van der Waals surface area (Å²) in [7, 11) is 0. The summed E-state index contributed by atoms with van der Waals surface area (Å²) >= 11 is 4.99. The van der Waals surface area contributed by atoms with E-state index in [0.717, 1.165) is 19.5 Å². The highest BCUT2D eigenvalue weighted by atomic mass is 32.1. The normalized spacial score (nSPS) is 24.2. The average Bonchev–Trinajstić information content (AvgIpc) is 2.79. The number of rotatable bonds is 3. The van der Waals surface area contributed by atoms with Crippen LogP contribution in [0.4, 0.5) is 0 Å². The molecule has 0 aromatic rings. The van der Waals surface area contributed by atoms with Crippen molar-refractivity contribution in [1.29, 1.82) is 0 Å². The Balaban J connectivity index is 1.92. The van der Waals surface area contributed by atoms with Gasteiger partial charge in [0.25, 0.3) is 0 Å². The minimum absolute atomic E-state index is 0.151. The first-order chi connectivity index (χ1) is 8.58. The quantitative estimate of drug-likeness (QED) is 0.800. The van der Waals surface area contributed by atoms with Crippen LogP contribution in [0.5, 0.6) is 0 Å². The first-order valence-electron chi connectivity index (χ1n) is 7.16. The molecule has 1 unspecified atom stereocenters. The molecule has 1 saturated carbocycles. The van der Waals surface area contributed by atoms with Gasteiger partial charge in [-0.1, -0.05) is 32.0 Å². The van der Waals surface area contributed by atoms with Crippen molar-refractivity contribution < 1.29 is 4.79 Å². The van der Waals surface area contributed by atoms with Crippen molar-refractivity contribution in [3.63, 3.8) is 0 Å². The van der Waals surface area contributed by atoms with Crippen LogP contribution in [-0.2, 0) is 4.79 Å². The third kappa shape index (κ3) is 2.68. The van der Waals surface area contributed by atoms with Gasteiger partial charge < -0.3 is 10.6 Å². The maximum atomic E-state index is 12.3. The molecule has 1 saturated heterocycles. The molecular formula is C14H24N2OS. The number of carbonyl (C=O) groups is 1. The zero-order chi connectivity index (χ0) is 13.2. The standard InChI is InChI=1S/C14H24N2OS/c1-2-11(12(15)18)13(17)16-9-7-14(8-10-16)5-3-4-6-14/h11H,2-10H2,1H3,(H2,15,18). The van der Waals surface area contributed by atoms with Crippen LogP contribution in [0.25, 0.3) is 0 Å². The van der Waals surface area contributed by atoms with E-state index in [1.54, 1.807) is 0 Å². The van der Waals surface area contributed by atoms with E-state index in [2.05, 4.69) is 0 Å². The SMILES string of the molecule is CCC(C(=O)N1CCC2(CCCC2)CC1)C(N)=S. The number of nitrogens with two attached hydrogens (primary N) is 1. The van der Waals surface area contributed by atoms with Gasteiger partial charge in [-0.15, -0.1) is 0 Å². The van der Waals surface area contributed by atoms with E-state index in [9.17, 15) is 4.79 Å². The molecule has 1 atom stereocenters. The third-order valence-corrected chi connectivity index (χ3v) is 5.13. The first-order valence-corrected chi connectivity index (χ1v) is 7.57. The molecule has 102 valence electrons. The Bertz CT molecular complexity index is 327. The van der Waals surface area contributed by atoms with Gasteiger partial charge in [-0.05, 0) is 37.5 Å². The molecule has 1 aliphatic carbocycles. The van der Waals surface area contributed by atoms with Gasteiger partial charge in [0.2, 0.25) is 5.91 Å². The molecule has 0 radical (unpaired) electrons. The maximum Gasteiger partial charge on any atom is 0.232 e. The van der Waals surface area contributed by atoms with E-state index < -0.39 is 0 Å². The molecule has 18 heavy (non-hydrogen) atoms. The van der Waals surface area contributed by atoms with Crippen LogP contribution >= 0.6 is 12.2 Å². The zero-order valence-electron chi connectivity index (χ0n) is 11.3. The van der Waals surface area contributed by atoms with E-state index >= 15 is 0 Å². The van der Waals surface area contributed by atoms with Gasteiger partial charge in [0.1, 0.15) is 0 Å². The van der Waals surface area contributed by atoms with Crippen molar-refractivity contribution in [3.05, 3.63) is 0 Å². The molecule has 0 aromatic heterocycles. The van der Waals surface area contributed by atoms with Crippen molar-refractivity contribution in [3.8, 4) is 0 Å². The molecule has 0 aromatic carbocycles. The largest absolute Gasteiger partial charge is 0.393 e. The zero-order valence-corrected chi connectivity index (χ0v) is 12.1. The second-order valence-electron chi connectivity index (χ2n) is 5.90. The summed E-state index contributed by atoms with van der Waals surface area (Å²) in [6, 6.07) is 0. The van der Waals surface area contributed by atoms with E-state index in [-0.39, 0.29) is 11.8 Å². The van der Waals surface area contributed by atoms with Crippen LogP contribution in [0.1, 0.15) is 51.9 Å². The fourth-order valence-electron chi connectivity index (χ4n) is 3.54. The fraction of sp³-hybridized carbons (Fsp3) is 0.857. The Morgan fingerprint density at radius 1 is 1.28 bits per heavy atom. The molecule has 2 N–H and O–H groups in total. The van der Waals surface area contributed by atoms with E-state index in [1.165, 1.54) is 38.5 Å². The maximum absolute atomic E-state index is 12.3. The van der Waals surface area contributed by atoms with Gasteiger partial charge in [0.15, 0.2) is 0 Å². The van der Waals surface area contributed by atoms with Crippen molar-refractivity contribution in [1.82, 2.24) is 4.90 Å². The number of amides is 1. The highest BCUT2D eigenvalue weighted by molar-refractivity contribution is 7.80. The van der Waals surface area contributed by atoms with Crippen LogP contribution in [-0.4, -0.2) is 28.9 Å².